The zero-order chi connectivity index (χ0) is 21.0. The number of ether oxygens (including phenoxy) is 1. The predicted molar refractivity (Wildman–Crippen MR) is 119 cm³/mol. The average Bonchev–Trinajstić information content (AvgIpc) is 2.72. The number of nitrogens with one attached hydrogen (secondary N) is 1. The van der Waals surface area contributed by atoms with E-state index in [-0.39, 0.29) is 5.91 Å². The van der Waals surface area contributed by atoms with Gasteiger partial charge in [-0.3, -0.25) is 9.69 Å². The van der Waals surface area contributed by atoms with Crippen molar-refractivity contribution in [1.29, 1.82) is 0 Å². The normalized spacial score (nSPS) is 17.2. The highest BCUT2D eigenvalue weighted by Gasteiger charge is 2.24. The molecule has 1 unspecified atom stereocenters. The van der Waals surface area contributed by atoms with Crippen LogP contribution >= 0.6 is 0 Å². The van der Waals surface area contributed by atoms with Crippen LogP contribution in [0.2, 0.25) is 0 Å². The molecule has 1 aliphatic rings. The lowest BCUT2D eigenvalue weighted by Crippen LogP contribution is -2.46. The lowest BCUT2D eigenvalue weighted by molar-refractivity contribution is 0.0907. The Kier molecular flexibility index (Phi) is 6.96. The van der Waals surface area contributed by atoms with Gasteiger partial charge < -0.3 is 10.1 Å². The van der Waals surface area contributed by atoms with Crippen molar-refractivity contribution in [2.75, 3.05) is 20.2 Å². The molecule has 4 nitrogen and oxygen atoms in total. The minimum absolute atomic E-state index is 0.0232. The van der Waals surface area contributed by atoms with Crippen molar-refractivity contribution in [2.24, 2.45) is 0 Å². The second-order valence-corrected chi connectivity index (χ2v) is 8.31. The van der Waals surface area contributed by atoms with Gasteiger partial charge in [-0.15, -0.1) is 0 Å². The second kappa shape index (κ2) is 9.45. The average molecular weight is 395 g/mol. The van der Waals surface area contributed by atoms with E-state index in [1.165, 1.54) is 35.1 Å². The summed E-state index contributed by atoms with van der Waals surface area (Å²) >= 11 is 0. The van der Waals surface area contributed by atoms with Crippen molar-refractivity contribution in [2.45, 2.75) is 59.5 Å². The third kappa shape index (κ3) is 4.99. The summed E-state index contributed by atoms with van der Waals surface area (Å²) in [5.41, 5.74) is 6.97. The van der Waals surface area contributed by atoms with E-state index in [1.807, 2.05) is 25.1 Å². The largest absolute Gasteiger partial charge is 0.496 e. The summed E-state index contributed by atoms with van der Waals surface area (Å²) in [6.45, 7) is 11.1. The number of nitrogens with zero attached hydrogens (tertiary/aromatic N) is 1. The van der Waals surface area contributed by atoms with E-state index in [2.05, 4.69) is 43.1 Å². The zero-order valence-corrected chi connectivity index (χ0v) is 18.5. The molecule has 1 amide bonds. The van der Waals surface area contributed by atoms with Crippen molar-refractivity contribution in [1.82, 2.24) is 10.2 Å². The SMILES string of the molecule is COc1ccc(CN2CCCCC2CNC(=O)c2ccc(C)c(C)c2)c(C)c1C. The van der Waals surface area contributed by atoms with Crippen LogP contribution < -0.4 is 10.1 Å². The fourth-order valence-corrected chi connectivity index (χ4v) is 4.16. The Morgan fingerprint density at radius 2 is 1.86 bits per heavy atom. The molecule has 0 saturated carbocycles. The zero-order valence-electron chi connectivity index (χ0n) is 18.5. The number of amides is 1. The number of likely N-dealkylation sites (tertiary alicyclic amines) is 1. The number of carbonyl (C=O) groups excluding carboxylic acids is 1. The van der Waals surface area contributed by atoms with Crippen LogP contribution in [-0.2, 0) is 6.54 Å². The highest BCUT2D eigenvalue weighted by molar-refractivity contribution is 5.94. The summed E-state index contributed by atoms with van der Waals surface area (Å²) in [7, 11) is 1.72. The van der Waals surface area contributed by atoms with Gasteiger partial charge in [0.15, 0.2) is 0 Å². The molecule has 1 fully saturated rings. The fraction of sp³-hybridized carbons (Fsp3) is 0.480. The topological polar surface area (TPSA) is 41.6 Å². The minimum atomic E-state index is 0.0232. The van der Waals surface area contributed by atoms with Gasteiger partial charge in [-0.25, -0.2) is 0 Å². The van der Waals surface area contributed by atoms with Gasteiger partial charge in [-0.05, 0) is 93.1 Å². The van der Waals surface area contributed by atoms with Gasteiger partial charge in [-0.1, -0.05) is 18.6 Å². The number of piperidine rings is 1. The summed E-state index contributed by atoms with van der Waals surface area (Å²) in [5.74, 6) is 0.970. The lowest BCUT2D eigenvalue weighted by Gasteiger charge is -2.36. The number of carbonyl (C=O) groups is 1. The molecule has 0 radical (unpaired) electrons. The predicted octanol–water partition coefficient (Wildman–Crippen LogP) is 4.71. The first-order chi connectivity index (χ1) is 13.9. The summed E-state index contributed by atoms with van der Waals surface area (Å²) in [5, 5.41) is 3.17. The molecular formula is C25H34N2O2. The van der Waals surface area contributed by atoms with Crippen LogP contribution in [0.15, 0.2) is 30.3 Å². The molecule has 1 heterocycles. The molecule has 1 N–H and O–H groups in total. The molecule has 1 saturated heterocycles. The molecule has 0 spiro atoms. The van der Waals surface area contributed by atoms with Crippen LogP contribution in [0, 0.1) is 27.7 Å². The first-order valence-corrected chi connectivity index (χ1v) is 10.6. The Hall–Kier alpha value is -2.33. The van der Waals surface area contributed by atoms with E-state index < -0.39 is 0 Å². The summed E-state index contributed by atoms with van der Waals surface area (Å²) in [4.78, 5) is 15.2. The van der Waals surface area contributed by atoms with Gasteiger partial charge in [0.2, 0.25) is 0 Å². The van der Waals surface area contributed by atoms with Crippen molar-refractivity contribution >= 4 is 5.91 Å². The van der Waals surface area contributed by atoms with E-state index in [4.69, 9.17) is 4.74 Å². The number of hydrogen-bond acceptors (Lipinski definition) is 3. The summed E-state index contributed by atoms with van der Waals surface area (Å²) in [6, 6.07) is 10.5. The van der Waals surface area contributed by atoms with E-state index >= 15 is 0 Å². The molecule has 1 atom stereocenters. The Bertz CT molecular complexity index is 875. The lowest BCUT2D eigenvalue weighted by atomic mass is 9.97. The molecule has 0 aromatic heterocycles. The fourth-order valence-electron chi connectivity index (χ4n) is 4.16. The molecule has 2 aromatic carbocycles. The van der Waals surface area contributed by atoms with E-state index in [0.717, 1.165) is 36.4 Å². The molecule has 0 bridgehead atoms. The molecule has 156 valence electrons. The number of benzene rings is 2. The first kappa shape index (κ1) is 21.4. The van der Waals surface area contributed by atoms with E-state index in [9.17, 15) is 4.79 Å². The van der Waals surface area contributed by atoms with Crippen LogP contribution in [0.25, 0.3) is 0 Å². The molecule has 1 aliphatic heterocycles. The number of rotatable bonds is 6. The van der Waals surface area contributed by atoms with E-state index in [0.29, 0.717) is 12.6 Å². The molecular weight excluding hydrogens is 360 g/mol. The van der Waals surface area contributed by atoms with Crippen LogP contribution in [0.1, 0.15) is 57.4 Å². The number of aryl methyl sites for hydroxylation is 2. The van der Waals surface area contributed by atoms with Crippen molar-refractivity contribution < 1.29 is 9.53 Å². The van der Waals surface area contributed by atoms with Crippen LogP contribution in [0.3, 0.4) is 0 Å². The highest BCUT2D eigenvalue weighted by atomic mass is 16.5. The maximum atomic E-state index is 12.6. The smallest absolute Gasteiger partial charge is 0.251 e. The quantitative estimate of drug-likeness (QED) is 0.771. The van der Waals surface area contributed by atoms with Gasteiger partial charge in [-0.2, -0.15) is 0 Å². The molecule has 0 aliphatic carbocycles. The minimum Gasteiger partial charge on any atom is -0.496 e. The van der Waals surface area contributed by atoms with Gasteiger partial charge in [0.1, 0.15) is 5.75 Å². The Morgan fingerprint density at radius 1 is 1.07 bits per heavy atom. The van der Waals surface area contributed by atoms with Crippen LogP contribution in [-0.4, -0.2) is 37.0 Å². The Morgan fingerprint density at radius 3 is 2.59 bits per heavy atom. The molecule has 29 heavy (non-hydrogen) atoms. The second-order valence-electron chi connectivity index (χ2n) is 8.31. The third-order valence-electron chi connectivity index (χ3n) is 6.46. The van der Waals surface area contributed by atoms with Crippen molar-refractivity contribution in [3.63, 3.8) is 0 Å². The van der Waals surface area contributed by atoms with Gasteiger partial charge in [0.05, 0.1) is 7.11 Å². The van der Waals surface area contributed by atoms with Crippen molar-refractivity contribution in [3.8, 4) is 5.75 Å². The molecule has 4 heteroatoms. The third-order valence-corrected chi connectivity index (χ3v) is 6.46. The van der Waals surface area contributed by atoms with Gasteiger partial charge in [0, 0.05) is 24.7 Å². The van der Waals surface area contributed by atoms with Gasteiger partial charge >= 0.3 is 0 Å². The number of methoxy groups -OCH3 is 1. The monoisotopic (exact) mass is 394 g/mol. The van der Waals surface area contributed by atoms with Crippen LogP contribution in [0.5, 0.6) is 5.75 Å². The Balaban J connectivity index is 1.66. The van der Waals surface area contributed by atoms with Crippen molar-refractivity contribution in [3.05, 3.63) is 63.7 Å². The summed E-state index contributed by atoms with van der Waals surface area (Å²) < 4.78 is 5.45. The molecule has 3 rings (SSSR count). The van der Waals surface area contributed by atoms with E-state index in [1.54, 1.807) is 7.11 Å². The summed E-state index contributed by atoms with van der Waals surface area (Å²) in [6.07, 6.45) is 3.57. The maximum Gasteiger partial charge on any atom is 0.251 e. The van der Waals surface area contributed by atoms with Gasteiger partial charge in [0.25, 0.3) is 5.91 Å². The maximum absolute atomic E-state index is 12.6. The Labute approximate surface area is 175 Å². The standard InChI is InChI=1S/C25H34N2O2/c1-17-9-10-21(14-18(17)2)25(28)26-15-23-8-6-7-13-27(23)16-22-11-12-24(29-5)20(4)19(22)3/h9-12,14,23H,6-8,13,15-16H2,1-5H3,(H,26,28). The van der Waals surface area contributed by atoms with Crippen LogP contribution in [0.4, 0.5) is 0 Å². The number of hydrogen-bond donors (Lipinski definition) is 1. The molecule has 2 aromatic rings. The highest BCUT2D eigenvalue weighted by Crippen LogP contribution is 2.27. The first-order valence-electron chi connectivity index (χ1n) is 10.6.